The first-order valence-electron chi connectivity index (χ1n) is 3.12. The molecule has 0 saturated carbocycles. The van der Waals surface area contributed by atoms with Crippen LogP contribution in [-0.4, -0.2) is 39.0 Å². The van der Waals surface area contributed by atoms with Crippen LogP contribution < -0.4 is 0 Å². The highest BCUT2D eigenvalue weighted by Crippen LogP contribution is 2.18. The Bertz CT molecular complexity index is 226. The normalized spacial score (nSPS) is 15.6. The van der Waals surface area contributed by atoms with Crippen LogP contribution in [0.1, 0.15) is 0 Å². The first-order valence-corrected chi connectivity index (χ1v) is 4.17. The SMILES string of the molecule is O=C(O)C(C(=O)O)N1C=CSC1. The average Bonchev–Trinajstić information content (AvgIpc) is 2.37. The summed E-state index contributed by atoms with van der Waals surface area (Å²) in [5.74, 6) is -2.30. The molecule has 0 radical (unpaired) electrons. The fourth-order valence-electron chi connectivity index (χ4n) is 0.843. The second-order valence-corrected chi connectivity index (χ2v) is 3.04. The molecule has 0 spiro atoms. The second kappa shape index (κ2) is 3.48. The van der Waals surface area contributed by atoms with E-state index in [1.54, 1.807) is 5.41 Å². The van der Waals surface area contributed by atoms with E-state index < -0.39 is 18.0 Å². The number of rotatable bonds is 3. The number of thioether (sulfide) groups is 1. The van der Waals surface area contributed by atoms with Crippen molar-refractivity contribution in [3.05, 3.63) is 11.6 Å². The number of aliphatic carboxylic acids is 2. The van der Waals surface area contributed by atoms with Crippen molar-refractivity contribution in [2.24, 2.45) is 0 Å². The summed E-state index contributed by atoms with van der Waals surface area (Å²) >= 11 is 1.36. The van der Waals surface area contributed by atoms with Gasteiger partial charge in [0.1, 0.15) is 0 Å². The van der Waals surface area contributed by atoms with Crippen molar-refractivity contribution in [2.75, 3.05) is 5.88 Å². The van der Waals surface area contributed by atoms with Gasteiger partial charge >= 0.3 is 11.9 Å². The third kappa shape index (κ3) is 1.70. The van der Waals surface area contributed by atoms with Gasteiger partial charge in [-0.1, -0.05) is 0 Å². The van der Waals surface area contributed by atoms with Crippen LogP contribution >= 0.6 is 11.8 Å². The molecular weight excluding hydrogens is 182 g/mol. The minimum Gasteiger partial charge on any atom is -0.479 e. The van der Waals surface area contributed by atoms with E-state index in [4.69, 9.17) is 10.2 Å². The smallest absolute Gasteiger partial charge is 0.338 e. The number of carboxylic acid groups (broad SMARTS) is 2. The number of nitrogens with zero attached hydrogens (tertiary/aromatic N) is 1. The molecule has 0 aliphatic carbocycles. The molecule has 0 fully saturated rings. The van der Waals surface area contributed by atoms with Crippen LogP contribution in [0, 0.1) is 0 Å². The molecule has 0 bridgehead atoms. The van der Waals surface area contributed by atoms with E-state index in [1.807, 2.05) is 0 Å². The third-order valence-electron chi connectivity index (χ3n) is 1.37. The van der Waals surface area contributed by atoms with Crippen LogP contribution in [0.15, 0.2) is 11.6 Å². The maximum atomic E-state index is 10.5. The van der Waals surface area contributed by atoms with Gasteiger partial charge in [0, 0.05) is 6.20 Å². The summed E-state index contributed by atoms with van der Waals surface area (Å²) in [6.45, 7) is 0. The Balaban J connectivity index is 2.71. The lowest BCUT2D eigenvalue weighted by Crippen LogP contribution is -2.42. The molecule has 5 nitrogen and oxygen atoms in total. The molecule has 2 N–H and O–H groups in total. The van der Waals surface area contributed by atoms with Crippen molar-refractivity contribution in [1.82, 2.24) is 4.90 Å². The van der Waals surface area contributed by atoms with Crippen molar-refractivity contribution in [3.8, 4) is 0 Å². The highest BCUT2D eigenvalue weighted by atomic mass is 32.2. The van der Waals surface area contributed by atoms with E-state index in [0.717, 1.165) is 0 Å². The van der Waals surface area contributed by atoms with E-state index in [-0.39, 0.29) is 0 Å². The van der Waals surface area contributed by atoms with Gasteiger partial charge < -0.3 is 15.1 Å². The molecule has 1 rings (SSSR count). The summed E-state index contributed by atoms with van der Waals surface area (Å²) in [5.41, 5.74) is 0. The van der Waals surface area contributed by atoms with Gasteiger partial charge in [-0.25, -0.2) is 9.59 Å². The van der Waals surface area contributed by atoms with Crippen LogP contribution in [0.5, 0.6) is 0 Å². The Morgan fingerprint density at radius 3 is 2.33 bits per heavy atom. The second-order valence-electron chi connectivity index (χ2n) is 2.17. The Morgan fingerprint density at radius 2 is 2.00 bits per heavy atom. The van der Waals surface area contributed by atoms with Crippen molar-refractivity contribution in [1.29, 1.82) is 0 Å². The predicted molar refractivity (Wildman–Crippen MR) is 42.5 cm³/mol. The molecule has 12 heavy (non-hydrogen) atoms. The lowest BCUT2D eigenvalue weighted by atomic mass is 10.3. The Kier molecular flexibility index (Phi) is 2.59. The molecule has 0 aromatic rings. The zero-order valence-corrected chi connectivity index (χ0v) is 6.82. The molecule has 1 heterocycles. The van der Waals surface area contributed by atoms with E-state index in [0.29, 0.717) is 5.88 Å². The Hall–Kier alpha value is -1.17. The van der Waals surface area contributed by atoms with Gasteiger partial charge in [-0.05, 0) is 5.41 Å². The molecule has 1 aliphatic heterocycles. The standard InChI is InChI=1S/C6H7NO4S/c8-5(9)4(6(10)11)7-1-2-12-3-7/h1-2,4H,3H2,(H,8,9)(H,10,11). The lowest BCUT2D eigenvalue weighted by Gasteiger charge is -2.18. The lowest BCUT2D eigenvalue weighted by molar-refractivity contribution is -0.154. The minimum absolute atomic E-state index is 0.378. The maximum absolute atomic E-state index is 10.5. The van der Waals surface area contributed by atoms with Crippen molar-refractivity contribution >= 4 is 23.7 Å². The zero-order chi connectivity index (χ0) is 9.14. The van der Waals surface area contributed by atoms with Gasteiger partial charge in [-0.3, -0.25) is 0 Å². The van der Waals surface area contributed by atoms with E-state index >= 15 is 0 Å². The third-order valence-corrected chi connectivity index (χ3v) is 2.13. The molecule has 0 unspecified atom stereocenters. The summed E-state index contributed by atoms with van der Waals surface area (Å²) in [7, 11) is 0. The Morgan fingerprint density at radius 1 is 1.42 bits per heavy atom. The number of carbonyl (C=O) groups is 2. The van der Waals surface area contributed by atoms with Gasteiger partial charge in [0.15, 0.2) is 0 Å². The minimum atomic E-state index is -1.46. The fraction of sp³-hybridized carbons (Fsp3) is 0.333. The molecule has 0 saturated heterocycles. The quantitative estimate of drug-likeness (QED) is 0.608. The summed E-state index contributed by atoms with van der Waals surface area (Å²) in [5, 5.41) is 18.7. The largest absolute Gasteiger partial charge is 0.479 e. The Labute approximate surface area is 72.7 Å². The molecule has 0 amide bonds. The molecule has 66 valence electrons. The highest BCUT2D eigenvalue weighted by Gasteiger charge is 2.31. The van der Waals surface area contributed by atoms with Crippen molar-refractivity contribution < 1.29 is 19.8 Å². The number of hydrogen-bond acceptors (Lipinski definition) is 4. The van der Waals surface area contributed by atoms with Crippen molar-refractivity contribution in [3.63, 3.8) is 0 Å². The van der Waals surface area contributed by atoms with Gasteiger partial charge in [-0.15, -0.1) is 11.8 Å². The summed E-state index contributed by atoms with van der Waals surface area (Å²) in [6, 6.07) is -1.46. The highest BCUT2D eigenvalue weighted by molar-refractivity contribution is 8.02. The summed E-state index contributed by atoms with van der Waals surface area (Å²) in [4.78, 5) is 22.2. The average molecular weight is 189 g/mol. The zero-order valence-electron chi connectivity index (χ0n) is 6.01. The van der Waals surface area contributed by atoms with Crippen LogP contribution in [0.3, 0.4) is 0 Å². The van der Waals surface area contributed by atoms with Crippen LogP contribution in [0.2, 0.25) is 0 Å². The maximum Gasteiger partial charge on any atom is 0.338 e. The van der Waals surface area contributed by atoms with Crippen LogP contribution in [-0.2, 0) is 9.59 Å². The molecule has 1 aliphatic rings. The monoisotopic (exact) mass is 189 g/mol. The molecule has 0 atom stereocenters. The first kappa shape index (κ1) is 8.92. The molecule has 0 aromatic carbocycles. The fourth-order valence-corrected chi connectivity index (χ4v) is 1.58. The first-order chi connectivity index (χ1) is 5.63. The van der Waals surface area contributed by atoms with E-state index in [1.165, 1.54) is 22.9 Å². The van der Waals surface area contributed by atoms with E-state index in [2.05, 4.69) is 0 Å². The molecule has 6 heteroatoms. The van der Waals surface area contributed by atoms with Gasteiger partial charge in [0.2, 0.25) is 6.04 Å². The summed E-state index contributed by atoms with van der Waals surface area (Å²) < 4.78 is 0. The topological polar surface area (TPSA) is 77.8 Å². The van der Waals surface area contributed by atoms with E-state index in [9.17, 15) is 9.59 Å². The number of carboxylic acids is 2. The molecule has 0 aromatic heterocycles. The molecular formula is C6H7NO4S. The van der Waals surface area contributed by atoms with Crippen LogP contribution in [0.4, 0.5) is 0 Å². The predicted octanol–water partition coefficient (Wildman–Crippen LogP) is 0.00170. The van der Waals surface area contributed by atoms with Gasteiger partial charge in [0.25, 0.3) is 0 Å². The van der Waals surface area contributed by atoms with Gasteiger partial charge in [-0.2, -0.15) is 0 Å². The van der Waals surface area contributed by atoms with Gasteiger partial charge in [0.05, 0.1) is 5.88 Å². The van der Waals surface area contributed by atoms with Crippen LogP contribution in [0.25, 0.3) is 0 Å². The number of hydrogen-bond donors (Lipinski definition) is 2. The summed E-state index contributed by atoms with van der Waals surface area (Å²) in [6.07, 6.45) is 1.47. The van der Waals surface area contributed by atoms with Crippen molar-refractivity contribution in [2.45, 2.75) is 6.04 Å².